The largest absolute Gasteiger partial charge is 0.483 e. The molecule has 1 aliphatic carbocycles. The van der Waals surface area contributed by atoms with Crippen LogP contribution in [0.3, 0.4) is 0 Å². The number of fused-ring (bicyclic) bond motifs is 1. The van der Waals surface area contributed by atoms with Crippen LogP contribution in [0.4, 0.5) is 5.69 Å². The molecule has 1 aromatic heterocycles. The number of rotatable bonds is 3. The molecule has 0 spiro atoms. The minimum Gasteiger partial charge on any atom is -0.483 e. The normalized spacial score (nSPS) is 22.3. The predicted octanol–water partition coefficient (Wildman–Crippen LogP) is 2.77. The zero-order valence-electron chi connectivity index (χ0n) is 11.0. The van der Waals surface area contributed by atoms with E-state index in [2.05, 4.69) is 4.98 Å². The molecule has 0 aliphatic heterocycles. The fourth-order valence-corrected chi connectivity index (χ4v) is 3.40. The molecule has 3 rings (SSSR count). The molecular weight excluding hydrogens is 278 g/mol. The van der Waals surface area contributed by atoms with Crippen molar-refractivity contribution < 1.29 is 9.66 Å². The fourth-order valence-electron chi connectivity index (χ4n) is 2.56. The maximum absolute atomic E-state index is 11.2. The van der Waals surface area contributed by atoms with E-state index < -0.39 is 4.92 Å². The zero-order valence-corrected chi connectivity index (χ0v) is 11.9. The molecule has 2 aromatic rings. The molecule has 20 heavy (non-hydrogen) atoms. The van der Waals surface area contributed by atoms with Crippen molar-refractivity contribution in [3.05, 3.63) is 27.3 Å². The second-order valence-electron chi connectivity index (χ2n) is 5.09. The Morgan fingerprint density at radius 2 is 2.30 bits per heavy atom. The average Bonchev–Trinajstić information content (AvgIpc) is 2.92. The SMILES string of the molecule is Cc1nc2cc(OC3CCC(N)C3)c([N+](=O)[O-])cc2s1. The van der Waals surface area contributed by atoms with Gasteiger partial charge in [-0.1, -0.05) is 0 Å². The lowest BCUT2D eigenvalue weighted by atomic mass is 10.2. The monoisotopic (exact) mass is 293 g/mol. The van der Waals surface area contributed by atoms with Crippen molar-refractivity contribution in [2.45, 2.75) is 38.3 Å². The van der Waals surface area contributed by atoms with Gasteiger partial charge < -0.3 is 10.5 Å². The smallest absolute Gasteiger partial charge is 0.312 e. The Morgan fingerprint density at radius 3 is 2.95 bits per heavy atom. The van der Waals surface area contributed by atoms with E-state index in [1.807, 2.05) is 6.92 Å². The fraction of sp³-hybridized carbons (Fsp3) is 0.462. The summed E-state index contributed by atoms with van der Waals surface area (Å²) in [5, 5.41) is 12.1. The zero-order chi connectivity index (χ0) is 14.3. The van der Waals surface area contributed by atoms with Crippen molar-refractivity contribution >= 4 is 27.2 Å². The number of hydrogen-bond acceptors (Lipinski definition) is 6. The summed E-state index contributed by atoms with van der Waals surface area (Å²) in [6.07, 6.45) is 2.44. The standard InChI is InChI=1S/C13H15N3O3S/c1-7-15-10-5-12(19-9-3-2-8(14)4-9)11(16(17)18)6-13(10)20-7/h5-6,8-9H,2-4,14H2,1H3. The van der Waals surface area contributed by atoms with Crippen LogP contribution in [0.1, 0.15) is 24.3 Å². The van der Waals surface area contributed by atoms with Crippen molar-refractivity contribution in [3.63, 3.8) is 0 Å². The highest BCUT2D eigenvalue weighted by molar-refractivity contribution is 7.18. The lowest BCUT2D eigenvalue weighted by molar-refractivity contribution is -0.385. The Hall–Kier alpha value is -1.73. The van der Waals surface area contributed by atoms with E-state index in [9.17, 15) is 10.1 Å². The Balaban J connectivity index is 1.98. The first-order valence-corrected chi connectivity index (χ1v) is 7.32. The molecule has 1 heterocycles. The van der Waals surface area contributed by atoms with Crippen LogP contribution in [0.5, 0.6) is 5.75 Å². The van der Waals surface area contributed by atoms with Crippen LogP contribution >= 0.6 is 11.3 Å². The number of nitrogens with two attached hydrogens (primary N) is 1. The van der Waals surface area contributed by atoms with Gasteiger partial charge in [0, 0.05) is 18.2 Å². The summed E-state index contributed by atoms with van der Waals surface area (Å²) in [7, 11) is 0. The van der Waals surface area contributed by atoms with Gasteiger partial charge in [-0.3, -0.25) is 10.1 Å². The molecule has 2 atom stereocenters. The molecule has 0 bridgehead atoms. The second-order valence-corrected chi connectivity index (χ2v) is 6.33. The molecule has 2 N–H and O–H groups in total. The van der Waals surface area contributed by atoms with Crippen LogP contribution in [-0.2, 0) is 0 Å². The Bertz CT molecular complexity index is 670. The van der Waals surface area contributed by atoms with E-state index in [1.165, 1.54) is 11.3 Å². The summed E-state index contributed by atoms with van der Waals surface area (Å²) in [4.78, 5) is 15.1. The van der Waals surface area contributed by atoms with E-state index in [0.29, 0.717) is 5.75 Å². The van der Waals surface area contributed by atoms with Gasteiger partial charge in [-0.05, 0) is 26.2 Å². The van der Waals surface area contributed by atoms with Gasteiger partial charge in [0.05, 0.1) is 20.1 Å². The molecule has 0 radical (unpaired) electrons. The van der Waals surface area contributed by atoms with Crippen molar-refractivity contribution in [2.75, 3.05) is 0 Å². The van der Waals surface area contributed by atoms with E-state index in [0.717, 1.165) is 34.5 Å². The molecular formula is C13H15N3O3S. The molecule has 1 fully saturated rings. The number of nitrogens with zero attached hydrogens (tertiary/aromatic N) is 2. The lowest BCUT2D eigenvalue weighted by Gasteiger charge is -2.13. The maximum atomic E-state index is 11.2. The number of ether oxygens (including phenoxy) is 1. The third-order valence-corrected chi connectivity index (χ3v) is 4.43. The molecule has 106 valence electrons. The number of benzene rings is 1. The van der Waals surface area contributed by atoms with E-state index in [-0.39, 0.29) is 17.8 Å². The van der Waals surface area contributed by atoms with Gasteiger partial charge in [0.2, 0.25) is 0 Å². The molecule has 1 saturated carbocycles. The number of nitro groups is 1. The lowest BCUT2D eigenvalue weighted by Crippen LogP contribution is -2.19. The van der Waals surface area contributed by atoms with Gasteiger partial charge >= 0.3 is 5.69 Å². The first-order chi connectivity index (χ1) is 9.52. The van der Waals surface area contributed by atoms with Crippen LogP contribution in [0, 0.1) is 17.0 Å². The molecule has 1 aliphatic rings. The summed E-state index contributed by atoms with van der Waals surface area (Å²) >= 11 is 1.44. The van der Waals surface area contributed by atoms with Crippen LogP contribution in [0.15, 0.2) is 12.1 Å². The number of nitro benzene ring substituents is 1. The van der Waals surface area contributed by atoms with Gasteiger partial charge in [-0.25, -0.2) is 4.98 Å². The molecule has 7 heteroatoms. The second kappa shape index (κ2) is 4.99. The van der Waals surface area contributed by atoms with Crippen molar-refractivity contribution in [1.29, 1.82) is 0 Å². The molecule has 6 nitrogen and oxygen atoms in total. The van der Waals surface area contributed by atoms with Gasteiger partial charge in [0.15, 0.2) is 5.75 Å². The van der Waals surface area contributed by atoms with E-state index >= 15 is 0 Å². The van der Waals surface area contributed by atoms with Crippen molar-refractivity contribution in [1.82, 2.24) is 4.98 Å². The van der Waals surface area contributed by atoms with Gasteiger partial charge in [-0.2, -0.15) is 0 Å². The van der Waals surface area contributed by atoms with Crippen molar-refractivity contribution in [2.24, 2.45) is 5.73 Å². The van der Waals surface area contributed by atoms with Crippen molar-refractivity contribution in [3.8, 4) is 5.75 Å². The quantitative estimate of drug-likeness (QED) is 0.694. The Morgan fingerprint density at radius 1 is 1.50 bits per heavy atom. The Kier molecular flexibility index (Phi) is 3.31. The Labute approximate surface area is 119 Å². The highest BCUT2D eigenvalue weighted by Crippen LogP contribution is 2.36. The first-order valence-electron chi connectivity index (χ1n) is 6.51. The summed E-state index contributed by atoms with van der Waals surface area (Å²) in [5.74, 6) is 0.298. The summed E-state index contributed by atoms with van der Waals surface area (Å²) in [6.45, 7) is 1.88. The summed E-state index contributed by atoms with van der Waals surface area (Å²) in [6, 6.07) is 3.34. The highest BCUT2D eigenvalue weighted by atomic mass is 32.1. The van der Waals surface area contributed by atoms with E-state index in [1.54, 1.807) is 12.1 Å². The van der Waals surface area contributed by atoms with Crippen LogP contribution in [0.25, 0.3) is 10.2 Å². The average molecular weight is 293 g/mol. The summed E-state index contributed by atoms with van der Waals surface area (Å²) < 4.78 is 6.61. The molecule has 1 aromatic carbocycles. The molecule has 0 amide bonds. The van der Waals surface area contributed by atoms with Gasteiger partial charge in [0.25, 0.3) is 0 Å². The number of thiazole rings is 1. The van der Waals surface area contributed by atoms with E-state index in [4.69, 9.17) is 10.5 Å². The van der Waals surface area contributed by atoms with Gasteiger partial charge in [0.1, 0.15) is 6.10 Å². The van der Waals surface area contributed by atoms with Crippen LogP contribution in [0.2, 0.25) is 0 Å². The summed E-state index contributed by atoms with van der Waals surface area (Å²) in [5.41, 5.74) is 6.59. The number of aryl methyl sites for hydroxylation is 1. The highest BCUT2D eigenvalue weighted by Gasteiger charge is 2.27. The van der Waals surface area contributed by atoms with Crippen LogP contribution < -0.4 is 10.5 Å². The third kappa shape index (κ3) is 2.46. The number of hydrogen-bond donors (Lipinski definition) is 1. The topological polar surface area (TPSA) is 91.3 Å². The minimum absolute atomic E-state index is 0.00150. The number of aromatic nitrogens is 1. The van der Waals surface area contributed by atoms with Gasteiger partial charge in [-0.15, -0.1) is 11.3 Å². The minimum atomic E-state index is -0.404. The predicted molar refractivity (Wildman–Crippen MR) is 77.3 cm³/mol. The molecule has 2 unspecified atom stereocenters. The maximum Gasteiger partial charge on any atom is 0.312 e. The molecule has 0 saturated heterocycles. The third-order valence-electron chi connectivity index (χ3n) is 3.49. The first kappa shape index (κ1) is 13.3. The van der Waals surface area contributed by atoms with Crippen LogP contribution in [-0.4, -0.2) is 22.1 Å².